The minimum Gasteiger partial charge on any atom is -0.462 e. The minimum absolute atomic E-state index is 0.0608. The summed E-state index contributed by atoms with van der Waals surface area (Å²) in [5.74, 6) is -0.829. The first-order valence-corrected chi connectivity index (χ1v) is 30.0. The van der Waals surface area contributed by atoms with Crippen molar-refractivity contribution < 1.29 is 28.6 Å². The van der Waals surface area contributed by atoms with E-state index in [4.69, 9.17) is 14.2 Å². The molecule has 0 rings (SSSR count). The molecule has 0 unspecified atom stereocenters. The van der Waals surface area contributed by atoms with Gasteiger partial charge in [-0.25, -0.2) is 0 Å². The lowest BCUT2D eigenvalue weighted by molar-refractivity contribution is -0.167. The van der Waals surface area contributed by atoms with E-state index in [-0.39, 0.29) is 31.1 Å². The molecule has 0 heterocycles. The van der Waals surface area contributed by atoms with Crippen molar-refractivity contribution in [2.24, 2.45) is 0 Å². The number of hydrogen-bond donors (Lipinski definition) is 0. The van der Waals surface area contributed by atoms with E-state index >= 15 is 0 Å². The van der Waals surface area contributed by atoms with Gasteiger partial charge in [-0.05, 0) is 19.3 Å². The second kappa shape index (κ2) is 56.0. The number of ether oxygens (including phenoxy) is 3. The summed E-state index contributed by atoms with van der Waals surface area (Å²) < 4.78 is 16.9. The first-order chi connectivity index (χ1) is 32.5. The van der Waals surface area contributed by atoms with Gasteiger partial charge in [0.05, 0.1) is 0 Å². The van der Waals surface area contributed by atoms with Gasteiger partial charge >= 0.3 is 17.9 Å². The lowest BCUT2D eigenvalue weighted by Gasteiger charge is -2.18. The Morgan fingerprint density at radius 2 is 0.409 bits per heavy atom. The highest BCUT2D eigenvalue weighted by Crippen LogP contribution is 2.18. The maximum Gasteiger partial charge on any atom is 0.306 e. The predicted molar refractivity (Wildman–Crippen MR) is 284 cm³/mol. The molecule has 66 heavy (non-hydrogen) atoms. The third kappa shape index (κ3) is 53.4. The SMILES string of the molecule is CCCCCCCCCCCCCCCCCCCCCC(=O)OC[C@@H](COC(=O)CCCCCCCCCCCCCCCCC)OC(=O)CCCCCCCCCCCCCCCC. The van der Waals surface area contributed by atoms with Crippen molar-refractivity contribution in [3.63, 3.8) is 0 Å². The van der Waals surface area contributed by atoms with Gasteiger partial charge in [-0.2, -0.15) is 0 Å². The first-order valence-electron chi connectivity index (χ1n) is 30.0. The largest absolute Gasteiger partial charge is 0.462 e. The van der Waals surface area contributed by atoms with E-state index in [2.05, 4.69) is 20.8 Å². The standard InChI is InChI=1S/C60H116O6/c1-4-7-10-13-16-19-22-25-28-29-30-31-33-36-38-41-44-47-50-53-59(62)65-56-57(66-60(63)54-51-48-45-42-39-34-27-24-21-18-15-12-9-6-3)55-64-58(61)52-49-46-43-40-37-35-32-26-23-20-17-14-11-8-5-2/h57H,4-56H2,1-3H3/t57-/m1/s1. The Bertz CT molecular complexity index is 982. The third-order valence-electron chi connectivity index (χ3n) is 13.9. The van der Waals surface area contributed by atoms with Crippen molar-refractivity contribution in [3.8, 4) is 0 Å². The van der Waals surface area contributed by atoms with E-state index in [1.165, 1.54) is 250 Å². The second-order valence-corrected chi connectivity index (χ2v) is 20.6. The summed E-state index contributed by atoms with van der Waals surface area (Å²) in [4.78, 5) is 38.2. The fourth-order valence-corrected chi connectivity index (χ4v) is 9.33. The van der Waals surface area contributed by atoms with Crippen molar-refractivity contribution in [1.82, 2.24) is 0 Å². The van der Waals surface area contributed by atoms with E-state index in [1.807, 2.05) is 0 Å². The molecule has 0 spiro atoms. The number of unbranched alkanes of at least 4 members (excludes halogenated alkanes) is 45. The number of hydrogen-bond acceptors (Lipinski definition) is 6. The van der Waals surface area contributed by atoms with Gasteiger partial charge in [-0.3, -0.25) is 14.4 Å². The van der Waals surface area contributed by atoms with Crippen molar-refractivity contribution in [2.75, 3.05) is 13.2 Å². The highest BCUT2D eigenvalue weighted by molar-refractivity contribution is 5.71. The van der Waals surface area contributed by atoms with Crippen LogP contribution in [-0.4, -0.2) is 37.2 Å². The molecule has 0 aromatic rings. The van der Waals surface area contributed by atoms with E-state index in [1.54, 1.807) is 0 Å². The zero-order valence-corrected chi connectivity index (χ0v) is 45.0. The minimum atomic E-state index is -0.761. The average molecular weight is 934 g/mol. The highest BCUT2D eigenvalue weighted by Gasteiger charge is 2.19. The highest BCUT2D eigenvalue weighted by atomic mass is 16.6. The van der Waals surface area contributed by atoms with Crippen LogP contribution in [0, 0.1) is 0 Å². The molecule has 0 bridgehead atoms. The van der Waals surface area contributed by atoms with Crippen LogP contribution in [0.4, 0.5) is 0 Å². The van der Waals surface area contributed by atoms with Gasteiger partial charge in [0.15, 0.2) is 6.10 Å². The second-order valence-electron chi connectivity index (χ2n) is 20.6. The van der Waals surface area contributed by atoms with Crippen LogP contribution in [0.5, 0.6) is 0 Å². The van der Waals surface area contributed by atoms with Crippen LogP contribution in [0.25, 0.3) is 0 Å². The summed E-state index contributed by atoms with van der Waals surface area (Å²) in [5.41, 5.74) is 0. The summed E-state index contributed by atoms with van der Waals surface area (Å²) in [5, 5.41) is 0. The maximum absolute atomic E-state index is 12.8. The molecule has 0 N–H and O–H groups in total. The molecular formula is C60H116O6. The molecule has 392 valence electrons. The zero-order chi connectivity index (χ0) is 47.9. The smallest absolute Gasteiger partial charge is 0.306 e. The van der Waals surface area contributed by atoms with Gasteiger partial charge in [-0.15, -0.1) is 0 Å². The molecule has 0 radical (unpaired) electrons. The summed E-state index contributed by atoms with van der Waals surface area (Å²) in [6.45, 7) is 6.72. The van der Waals surface area contributed by atoms with E-state index in [9.17, 15) is 14.4 Å². The van der Waals surface area contributed by atoms with E-state index in [0.29, 0.717) is 19.3 Å². The number of carbonyl (C=O) groups excluding carboxylic acids is 3. The molecule has 0 aliphatic carbocycles. The molecule has 0 saturated carbocycles. The van der Waals surface area contributed by atoms with Gasteiger partial charge in [0.2, 0.25) is 0 Å². The Morgan fingerprint density at radius 3 is 0.606 bits per heavy atom. The molecule has 6 nitrogen and oxygen atoms in total. The Kier molecular flexibility index (Phi) is 54.7. The van der Waals surface area contributed by atoms with Gasteiger partial charge in [-0.1, -0.05) is 310 Å². The van der Waals surface area contributed by atoms with Crippen molar-refractivity contribution in [2.45, 2.75) is 354 Å². The first kappa shape index (κ1) is 64.4. The maximum atomic E-state index is 12.8. The Hall–Kier alpha value is -1.59. The molecule has 0 saturated heterocycles. The molecule has 6 heteroatoms. The fourth-order valence-electron chi connectivity index (χ4n) is 9.33. The Labute approximate surface area is 412 Å². The van der Waals surface area contributed by atoms with Crippen LogP contribution in [0.15, 0.2) is 0 Å². The van der Waals surface area contributed by atoms with Gasteiger partial charge in [0.1, 0.15) is 13.2 Å². The van der Waals surface area contributed by atoms with Crippen molar-refractivity contribution in [3.05, 3.63) is 0 Å². The molecular weight excluding hydrogens is 817 g/mol. The van der Waals surface area contributed by atoms with Crippen LogP contribution in [0.3, 0.4) is 0 Å². The number of esters is 3. The number of carbonyl (C=O) groups is 3. The molecule has 0 aromatic carbocycles. The average Bonchev–Trinajstić information content (AvgIpc) is 3.31. The molecule has 0 aromatic heterocycles. The number of rotatable bonds is 56. The van der Waals surface area contributed by atoms with E-state index < -0.39 is 6.10 Å². The Balaban J connectivity index is 4.26. The zero-order valence-electron chi connectivity index (χ0n) is 45.0. The van der Waals surface area contributed by atoms with Crippen LogP contribution >= 0.6 is 0 Å². The van der Waals surface area contributed by atoms with E-state index in [0.717, 1.165) is 57.8 Å². The molecule has 0 amide bonds. The van der Waals surface area contributed by atoms with Crippen LogP contribution in [-0.2, 0) is 28.6 Å². The van der Waals surface area contributed by atoms with Crippen LogP contribution < -0.4 is 0 Å². The fraction of sp³-hybridized carbons (Fsp3) is 0.950. The topological polar surface area (TPSA) is 78.9 Å². The summed E-state index contributed by atoms with van der Waals surface area (Å²) >= 11 is 0. The van der Waals surface area contributed by atoms with Gasteiger partial charge in [0, 0.05) is 19.3 Å². The lowest BCUT2D eigenvalue weighted by Crippen LogP contribution is -2.30. The van der Waals surface area contributed by atoms with Crippen LogP contribution in [0.1, 0.15) is 348 Å². The third-order valence-corrected chi connectivity index (χ3v) is 13.9. The quantitative estimate of drug-likeness (QED) is 0.0343. The van der Waals surface area contributed by atoms with Crippen molar-refractivity contribution >= 4 is 17.9 Å². The monoisotopic (exact) mass is 933 g/mol. The summed E-state index contributed by atoms with van der Waals surface area (Å²) in [6.07, 6.45) is 62.4. The predicted octanol–water partition coefficient (Wildman–Crippen LogP) is 19.9. The Morgan fingerprint density at radius 1 is 0.242 bits per heavy atom. The van der Waals surface area contributed by atoms with Gasteiger partial charge in [0.25, 0.3) is 0 Å². The lowest BCUT2D eigenvalue weighted by atomic mass is 10.0. The van der Waals surface area contributed by atoms with Crippen molar-refractivity contribution in [1.29, 1.82) is 0 Å². The molecule has 0 fully saturated rings. The summed E-state index contributed by atoms with van der Waals surface area (Å²) in [6, 6.07) is 0. The van der Waals surface area contributed by atoms with Gasteiger partial charge < -0.3 is 14.2 Å². The van der Waals surface area contributed by atoms with Crippen LogP contribution in [0.2, 0.25) is 0 Å². The normalized spacial score (nSPS) is 11.9. The molecule has 0 aliphatic heterocycles. The summed E-state index contributed by atoms with van der Waals surface area (Å²) in [7, 11) is 0. The molecule has 1 atom stereocenters. The molecule has 0 aliphatic rings.